The van der Waals surface area contributed by atoms with Gasteiger partial charge in [-0.25, -0.2) is 4.98 Å². The van der Waals surface area contributed by atoms with Gasteiger partial charge in [0.1, 0.15) is 5.75 Å². The quantitative estimate of drug-likeness (QED) is 0.372. The van der Waals surface area contributed by atoms with Crippen LogP contribution in [0.1, 0.15) is 21.9 Å². The minimum atomic E-state index is 0.719. The SMILES string of the molecule is CN=C(NCCc1ncc(C)s1)NCc1ccc(OCCCN(C)C)cc1. The van der Waals surface area contributed by atoms with Crippen LogP contribution in [0.25, 0.3) is 0 Å². The van der Waals surface area contributed by atoms with Crippen LogP contribution in [0, 0.1) is 6.92 Å². The molecular formula is C20H31N5OS. The number of benzene rings is 1. The zero-order valence-electron chi connectivity index (χ0n) is 16.8. The number of rotatable bonds is 10. The first-order valence-corrected chi connectivity index (χ1v) is 10.1. The normalized spacial score (nSPS) is 11.7. The summed E-state index contributed by atoms with van der Waals surface area (Å²) in [7, 11) is 5.93. The zero-order chi connectivity index (χ0) is 19.5. The highest BCUT2D eigenvalue weighted by Gasteiger charge is 2.02. The Balaban J connectivity index is 1.67. The second-order valence-corrected chi connectivity index (χ2v) is 7.94. The molecule has 0 saturated heterocycles. The van der Waals surface area contributed by atoms with Gasteiger partial charge in [-0.15, -0.1) is 11.3 Å². The maximum absolute atomic E-state index is 5.77. The molecule has 1 aromatic heterocycles. The van der Waals surface area contributed by atoms with Crippen LogP contribution in [0.2, 0.25) is 0 Å². The molecule has 6 nitrogen and oxygen atoms in total. The molecule has 0 bridgehead atoms. The van der Waals surface area contributed by atoms with E-state index in [1.54, 1.807) is 18.4 Å². The van der Waals surface area contributed by atoms with Crippen molar-refractivity contribution in [2.45, 2.75) is 26.3 Å². The van der Waals surface area contributed by atoms with Gasteiger partial charge in [0.05, 0.1) is 11.6 Å². The third-order valence-corrected chi connectivity index (χ3v) is 4.90. The first-order chi connectivity index (χ1) is 13.1. The lowest BCUT2D eigenvalue weighted by molar-refractivity contribution is 0.281. The first-order valence-electron chi connectivity index (χ1n) is 9.29. The highest BCUT2D eigenvalue weighted by atomic mass is 32.1. The van der Waals surface area contributed by atoms with Crippen LogP contribution in [-0.4, -0.2) is 56.7 Å². The molecule has 0 saturated carbocycles. The summed E-state index contributed by atoms with van der Waals surface area (Å²) in [6.07, 6.45) is 3.85. The van der Waals surface area contributed by atoms with Gasteiger partial charge in [0.2, 0.25) is 0 Å². The Morgan fingerprint density at radius 2 is 2.00 bits per heavy atom. The number of thiazole rings is 1. The molecule has 0 atom stereocenters. The van der Waals surface area contributed by atoms with Crippen molar-refractivity contribution in [3.05, 3.63) is 45.9 Å². The van der Waals surface area contributed by atoms with E-state index in [1.807, 2.05) is 18.3 Å². The van der Waals surface area contributed by atoms with Gasteiger partial charge in [0.15, 0.2) is 5.96 Å². The molecule has 2 rings (SSSR count). The number of hydrogen-bond acceptors (Lipinski definition) is 5. The first kappa shape index (κ1) is 21.2. The van der Waals surface area contributed by atoms with E-state index in [1.165, 1.54) is 10.4 Å². The fraction of sp³-hybridized carbons (Fsp3) is 0.500. The summed E-state index contributed by atoms with van der Waals surface area (Å²) in [4.78, 5) is 12.1. The predicted molar refractivity (Wildman–Crippen MR) is 114 cm³/mol. The van der Waals surface area contributed by atoms with E-state index in [2.05, 4.69) is 58.7 Å². The van der Waals surface area contributed by atoms with Crippen LogP contribution in [0.3, 0.4) is 0 Å². The second-order valence-electron chi connectivity index (χ2n) is 6.62. The van der Waals surface area contributed by atoms with Crippen molar-refractivity contribution >= 4 is 17.3 Å². The topological polar surface area (TPSA) is 61.8 Å². The number of hydrogen-bond donors (Lipinski definition) is 2. The van der Waals surface area contributed by atoms with E-state index in [4.69, 9.17) is 4.74 Å². The van der Waals surface area contributed by atoms with E-state index in [9.17, 15) is 0 Å². The summed E-state index contributed by atoms with van der Waals surface area (Å²) in [5, 5.41) is 7.82. The molecule has 0 aliphatic rings. The van der Waals surface area contributed by atoms with Gasteiger partial charge in [-0.05, 0) is 45.1 Å². The number of guanidine groups is 1. The largest absolute Gasteiger partial charge is 0.494 e. The summed E-state index contributed by atoms with van der Waals surface area (Å²) in [5.74, 6) is 1.71. The average Bonchev–Trinajstić information content (AvgIpc) is 3.07. The predicted octanol–water partition coefficient (Wildman–Crippen LogP) is 2.69. The van der Waals surface area contributed by atoms with Gasteiger partial charge >= 0.3 is 0 Å². The summed E-state index contributed by atoms with van der Waals surface area (Å²) in [6, 6.07) is 8.21. The van der Waals surface area contributed by atoms with E-state index in [-0.39, 0.29) is 0 Å². The lowest BCUT2D eigenvalue weighted by Gasteiger charge is -2.12. The molecule has 0 aliphatic carbocycles. The van der Waals surface area contributed by atoms with Gasteiger partial charge in [-0.3, -0.25) is 4.99 Å². The fourth-order valence-corrected chi connectivity index (χ4v) is 3.27. The standard InChI is InChI=1S/C20H31N5OS/c1-16-14-23-19(27-16)10-11-22-20(21-2)24-15-17-6-8-18(9-7-17)26-13-5-12-25(3)4/h6-9,14H,5,10-13,15H2,1-4H3,(H2,21,22,24). The molecule has 0 amide bonds. The fourth-order valence-electron chi connectivity index (χ4n) is 2.49. The molecular weight excluding hydrogens is 358 g/mol. The van der Waals surface area contributed by atoms with Crippen LogP contribution in [0.15, 0.2) is 35.5 Å². The molecule has 148 valence electrons. The molecule has 0 radical (unpaired) electrons. The van der Waals surface area contributed by atoms with Crippen molar-refractivity contribution in [3.63, 3.8) is 0 Å². The molecule has 7 heteroatoms. The van der Waals surface area contributed by atoms with Gasteiger partial charge in [0, 0.05) is 44.2 Å². The van der Waals surface area contributed by atoms with Crippen molar-refractivity contribution in [2.24, 2.45) is 4.99 Å². The van der Waals surface area contributed by atoms with Gasteiger partial charge in [0.25, 0.3) is 0 Å². The molecule has 2 aromatic rings. The van der Waals surface area contributed by atoms with Crippen LogP contribution in [-0.2, 0) is 13.0 Å². The van der Waals surface area contributed by atoms with E-state index in [0.717, 1.165) is 55.8 Å². The Morgan fingerprint density at radius 1 is 1.22 bits per heavy atom. The smallest absolute Gasteiger partial charge is 0.191 e. The maximum Gasteiger partial charge on any atom is 0.191 e. The van der Waals surface area contributed by atoms with Gasteiger partial charge in [-0.2, -0.15) is 0 Å². The molecule has 1 heterocycles. The van der Waals surface area contributed by atoms with Crippen molar-refractivity contribution in [1.82, 2.24) is 20.5 Å². The van der Waals surface area contributed by atoms with Crippen molar-refractivity contribution in [1.29, 1.82) is 0 Å². The molecule has 0 spiro atoms. The molecule has 0 fully saturated rings. The van der Waals surface area contributed by atoms with Crippen molar-refractivity contribution in [3.8, 4) is 5.75 Å². The molecule has 0 aliphatic heterocycles. The Hall–Kier alpha value is -2.12. The molecule has 0 unspecified atom stereocenters. The molecule has 27 heavy (non-hydrogen) atoms. The Morgan fingerprint density at radius 3 is 2.63 bits per heavy atom. The number of nitrogens with one attached hydrogen (secondary N) is 2. The monoisotopic (exact) mass is 389 g/mol. The minimum absolute atomic E-state index is 0.719. The van der Waals surface area contributed by atoms with Crippen LogP contribution < -0.4 is 15.4 Å². The van der Waals surface area contributed by atoms with Crippen LogP contribution in [0.5, 0.6) is 5.75 Å². The Bertz CT molecular complexity index is 697. The number of aliphatic imine (C=N–C) groups is 1. The molecule has 1 aromatic carbocycles. The van der Waals surface area contributed by atoms with Gasteiger partial charge < -0.3 is 20.3 Å². The van der Waals surface area contributed by atoms with E-state index >= 15 is 0 Å². The number of aryl methyl sites for hydroxylation is 1. The third-order valence-electron chi connectivity index (χ3n) is 3.93. The van der Waals surface area contributed by atoms with Crippen LogP contribution in [0.4, 0.5) is 0 Å². The van der Waals surface area contributed by atoms with Gasteiger partial charge in [-0.1, -0.05) is 12.1 Å². The third kappa shape index (κ3) is 8.41. The highest BCUT2D eigenvalue weighted by molar-refractivity contribution is 7.11. The second kappa shape index (κ2) is 11.6. The number of nitrogens with zero attached hydrogens (tertiary/aromatic N) is 3. The van der Waals surface area contributed by atoms with E-state index < -0.39 is 0 Å². The minimum Gasteiger partial charge on any atom is -0.494 e. The lowest BCUT2D eigenvalue weighted by atomic mass is 10.2. The maximum atomic E-state index is 5.77. The average molecular weight is 390 g/mol. The zero-order valence-corrected chi connectivity index (χ0v) is 17.6. The lowest BCUT2D eigenvalue weighted by Crippen LogP contribution is -2.37. The van der Waals surface area contributed by atoms with Crippen molar-refractivity contribution < 1.29 is 4.74 Å². The van der Waals surface area contributed by atoms with Crippen LogP contribution >= 0.6 is 11.3 Å². The summed E-state index contributed by atoms with van der Waals surface area (Å²) < 4.78 is 5.77. The van der Waals surface area contributed by atoms with Crippen molar-refractivity contribution in [2.75, 3.05) is 40.8 Å². The Kier molecular flexibility index (Phi) is 9.07. The number of aromatic nitrogens is 1. The van der Waals surface area contributed by atoms with E-state index in [0.29, 0.717) is 0 Å². The highest BCUT2D eigenvalue weighted by Crippen LogP contribution is 2.13. The summed E-state index contributed by atoms with van der Waals surface area (Å²) in [5.41, 5.74) is 1.19. The number of ether oxygens (including phenoxy) is 1. The Labute approximate surface area is 166 Å². The summed E-state index contributed by atoms with van der Waals surface area (Å²) >= 11 is 1.74. The summed E-state index contributed by atoms with van der Waals surface area (Å²) in [6.45, 7) is 5.39. The molecule has 2 N–H and O–H groups in total.